The lowest BCUT2D eigenvalue weighted by Gasteiger charge is -2.36. The van der Waals surface area contributed by atoms with E-state index < -0.39 is 17.1 Å². The molecule has 3 N–H and O–H groups in total. The fourth-order valence-electron chi connectivity index (χ4n) is 3.22. The Morgan fingerprint density at radius 2 is 2.12 bits per heavy atom. The molecule has 1 amide bonds. The second-order valence-electron chi connectivity index (χ2n) is 6.37. The van der Waals surface area contributed by atoms with Crippen LogP contribution < -0.4 is 16.6 Å². The van der Waals surface area contributed by atoms with Gasteiger partial charge in [0.15, 0.2) is 6.19 Å². The molecule has 0 aliphatic carbocycles. The highest BCUT2D eigenvalue weighted by atomic mass is 16.2. The predicted octanol–water partition coefficient (Wildman–Crippen LogP) is 1.62. The van der Waals surface area contributed by atoms with E-state index in [-0.39, 0.29) is 23.1 Å². The van der Waals surface area contributed by atoms with Crippen LogP contribution in [0.4, 0.5) is 17.3 Å². The average Bonchev–Trinajstić information content (AvgIpc) is 2.85. The van der Waals surface area contributed by atoms with Crippen molar-refractivity contribution in [2.45, 2.75) is 32.9 Å². The van der Waals surface area contributed by atoms with Crippen molar-refractivity contribution in [1.29, 1.82) is 5.26 Å². The van der Waals surface area contributed by atoms with Crippen molar-refractivity contribution >= 4 is 23.2 Å². The number of nitrogens with two attached hydrogens (primary N) is 1. The van der Waals surface area contributed by atoms with Crippen molar-refractivity contribution in [1.82, 2.24) is 19.4 Å². The van der Waals surface area contributed by atoms with Crippen LogP contribution >= 0.6 is 0 Å². The lowest BCUT2D eigenvalue weighted by atomic mass is 9.92. The van der Waals surface area contributed by atoms with Gasteiger partial charge in [-0.05, 0) is 31.4 Å². The molecule has 2 aromatic rings. The second kappa shape index (κ2) is 6.15. The summed E-state index contributed by atoms with van der Waals surface area (Å²) in [5.74, 6) is 0.0288. The van der Waals surface area contributed by atoms with Crippen LogP contribution in [0.3, 0.4) is 0 Å². The van der Waals surface area contributed by atoms with Crippen LogP contribution in [0.25, 0.3) is 0 Å². The van der Waals surface area contributed by atoms with E-state index in [0.29, 0.717) is 12.2 Å². The topological polar surface area (TPSA) is 130 Å². The van der Waals surface area contributed by atoms with Gasteiger partial charge in [0.05, 0.1) is 0 Å². The quantitative estimate of drug-likeness (QED) is 0.799. The number of nitrogen functional groups attached to an aromatic ring is 1. The molecule has 0 fully saturated rings. The molecular weight excluding hydrogens is 334 g/mol. The molecule has 26 heavy (non-hydrogen) atoms. The van der Waals surface area contributed by atoms with Gasteiger partial charge >= 0.3 is 0 Å². The van der Waals surface area contributed by atoms with E-state index >= 15 is 0 Å². The van der Waals surface area contributed by atoms with Crippen LogP contribution in [0.5, 0.6) is 0 Å². The number of pyridine rings is 1. The average molecular weight is 353 g/mol. The predicted molar refractivity (Wildman–Crippen MR) is 95.3 cm³/mol. The second-order valence-corrected chi connectivity index (χ2v) is 6.37. The molecule has 0 radical (unpaired) electrons. The van der Waals surface area contributed by atoms with Gasteiger partial charge in [-0.3, -0.25) is 14.2 Å². The molecule has 9 nitrogen and oxygen atoms in total. The van der Waals surface area contributed by atoms with Gasteiger partial charge in [-0.15, -0.1) is 0 Å². The Morgan fingerprint density at radius 3 is 2.73 bits per heavy atom. The Bertz CT molecular complexity index is 978. The molecule has 0 bridgehead atoms. The van der Waals surface area contributed by atoms with Crippen molar-refractivity contribution in [2.24, 2.45) is 5.92 Å². The Morgan fingerprint density at radius 1 is 1.38 bits per heavy atom. The fourth-order valence-corrected chi connectivity index (χ4v) is 3.22. The van der Waals surface area contributed by atoms with E-state index in [1.54, 1.807) is 6.92 Å². The van der Waals surface area contributed by atoms with Crippen LogP contribution in [0, 0.1) is 17.4 Å². The van der Waals surface area contributed by atoms with E-state index in [4.69, 9.17) is 5.73 Å². The first-order chi connectivity index (χ1) is 12.3. The Kier molecular flexibility index (Phi) is 4.12. The Balaban J connectivity index is 2.16. The molecule has 3 heterocycles. The summed E-state index contributed by atoms with van der Waals surface area (Å²) in [7, 11) is 0. The highest BCUT2D eigenvalue weighted by molar-refractivity contribution is 5.96. The first-order valence-electron chi connectivity index (χ1n) is 8.20. The van der Waals surface area contributed by atoms with Crippen LogP contribution in [-0.4, -0.2) is 25.3 Å². The summed E-state index contributed by atoms with van der Waals surface area (Å²) >= 11 is 0. The number of hydrogen-bond donors (Lipinski definition) is 2. The minimum absolute atomic E-state index is 0.116. The van der Waals surface area contributed by atoms with Gasteiger partial charge in [0.1, 0.15) is 35.0 Å². The van der Waals surface area contributed by atoms with Crippen LogP contribution in [-0.2, 0) is 5.66 Å². The molecule has 0 spiro atoms. The number of amides is 1. The molecular formula is C17H19N7O2. The van der Waals surface area contributed by atoms with Crippen molar-refractivity contribution in [2.75, 3.05) is 11.1 Å². The molecule has 1 aliphatic rings. The highest BCUT2D eigenvalue weighted by Crippen LogP contribution is 2.38. The summed E-state index contributed by atoms with van der Waals surface area (Å²) in [5.41, 5.74) is 4.57. The third-order valence-corrected chi connectivity index (χ3v) is 5.01. The number of aromatic nitrogens is 3. The first kappa shape index (κ1) is 17.4. The standard InChI is InChI=1S/C17H19N7O2/c1-4-10(2)17(3)23(8-18)16(26)12-6-5-11(15(25)24(12)17)22-14-7-13(19)20-9-21-14/h5-7,9-10H,4H2,1-3H3,(H3,19,20,21,22). The number of nitrogens with zero attached hydrogens (tertiary/aromatic N) is 5. The van der Waals surface area contributed by atoms with E-state index in [2.05, 4.69) is 15.3 Å². The molecule has 2 atom stereocenters. The minimum atomic E-state index is -1.07. The lowest BCUT2D eigenvalue weighted by molar-refractivity contribution is 0.0429. The van der Waals surface area contributed by atoms with Gasteiger partial charge in [-0.2, -0.15) is 5.26 Å². The molecule has 0 saturated heterocycles. The van der Waals surface area contributed by atoms with Gasteiger partial charge in [0.2, 0.25) is 0 Å². The van der Waals surface area contributed by atoms with Gasteiger partial charge < -0.3 is 11.1 Å². The SMILES string of the molecule is CCC(C)C1(C)N(C#N)C(=O)c2ccc(Nc3cc(N)ncn3)c(=O)n21. The number of hydrogen-bond acceptors (Lipinski definition) is 7. The zero-order valence-corrected chi connectivity index (χ0v) is 14.7. The van der Waals surface area contributed by atoms with Crippen molar-refractivity contribution in [3.05, 3.63) is 40.6 Å². The van der Waals surface area contributed by atoms with Crippen molar-refractivity contribution in [3.8, 4) is 6.19 Å². The number of carbonyl (C=O) groups is 1. The zero-order valence-electron chi connectivity index (χ0n) is 14.7. The molecule has 3 rings (SSSR count). The van der Waals surface area contributed by atoms with Crippen molar-refractivity contribution in [3.63, 3.8) is 0 Å². The third kappa shape index (κ3) is 2.38. The summed E-state index contributed by atoms with van der Waals surface area (Å²) in [6, 6.07) is 4.54. The fraction of sp³-hybridized carbons (Fsp3) is 0.353. The molecule has 134 valence electrons. The van der Waals surface area contributed by atoms with Crippen LogP contribution in [0.1, 0.15) is 37.7 Å². The molecule has 0 aromatic carbocycles. The summed E-state index contributed by atoms with van der Waals surface area (Å²) < 4.78 is 1.39. The van der Waals surface area contributed by atoms with E-state index in [1.807, 2.05) is 20.0 Å². The Labute approximate surface area is 150 Å². The molecule has 9 heteroatoms. The van der Waals surface area contributed by atoms with Gasteiger partial charge in [0, 0.05) is 6.07 Å². The smallest absolute Gasteiger partial charge is 0.285 e. The van der Waals surface area contributed by atoms with Crippen LogP contribution in [0.15, 0.2) is 29.3 Å². The third-order valence-electron chi connectivity index (χ3n) is 5.01. The first-order valence-corrected chi connectivity index (χ1v) is 8.20. The number of nitrogens with one attached hydrogen (secondary N) is 1. The monoisotopic (exact) mass is 353 g/mol. The lowest BCUT2D eigenvalue weighted by Crippen LogP contribution is -2.50. The van der Waals surface area contributed by atoms with Gasteiger partial charge in [0.25, 0.3) is 11.5 Å². The maximum absolute atomic E-state index is 13.1. The van der Waals surface area contributed by atoms with E-state index in [9.17, 15) is 14.9 Å². The summed E-state index contributed by atoms with van der Waals surface area (Å²) in [6.07, 6.45) is 3.91. The van der Waals surface area contributed by atoms with E-state index in [1.165, 1.54) is 29.1 Å². The summed E-state index contributed by atoms with van der Waals surface area (Å²) in [4.78, 5) is 34.6. The van der Waals surface area contributed by atoms with Gasteiger partial charge in [-0.1, -0.05) is 13.8 Å². The van der Waals surface area contributed by atoms with Crippen LogP contribution in [0.2, 0.25) is 0 Å². The van der Waals surface area contributed by atoms with Gasteiger partial charge in [-0.25, -0.2) is 14.9 Å². The number of fused-ring (bicyclic) bond motifs is 1. The van der Waals surface area contributed by atoms with Crippen molar-refractivity contribution < 1.29 is 4.79 Å². The molecule has 0 saturated carbocycles. The maximum Gasteiger partial charge on any atom is 0.285 e. The maximum atomic E-state index is 13.1. The molecule has 2 unspecified atom stereocenters. The number of anilines is 3. The normalized spacial score (nSPS) is 19.8. The van der Waals surface area contributed by atoms with E-state index in [0.717, 1.165) is 4.90 Å². The summed E-state index contributed by atoms with van der Waals surface area (Å²) in [5, 5.41) is 12.4. The number of nitriles is 1. The molecule has 1 aliphatic heterocycles. The number of carbonyl (C=O) groups excluding carboxylic acids is 1. The summed E-state index contributed by atoms with van der Waals surface area (Å²) in [6.45, 7) is 5.59. The highest BCUT2D eigenvalue weighted by Gasteiger charge is 2.50. The molecule has 2 aromatic heterocycles. The largest absolute Gasteiger partial charge is 0.384 e. The Hall–Kier alpha value is -3.41. The number of rotatable bonds is 4. The zero-order chi connectivity index (χ0) is 19.1. The minimum Gasteiger partial charge on any atom is -0.384 e.